The van der Waals surface area contributed by atoms with Gasteiger partial charge in [0.15, 0.2) is 12.4 Å². The number of anilines is 1. The predicted molar refractivity (Wildman–Crippen MR) is 152 cm³/mol. The van der Waals surface area contributed by atoms with Gasteiger partial charge in [-0.1, -0.05) is 57.2 Å². The van der Waals surface area contributed by atoms with E-state index in [9.17, 15) is 19.6 Å². The molecular weight excluding hydrogens is 508 g/mol. The van der Waals surface area contributed by atoms with Gasteiger partial charge in [-0.3, -0.25) is 14.4 Å². The first-order chi connectivity index (χ1) is 18.6. The molecule has 3 aromatic rings. The van der Waals surface area contributed by atoms with Crippen molar-refractivity contribution >= 4 is 34.0 Å². The summed E-state index contributed by atoms with van der Waals surface area (Å²) in [5.74, 6) is -0.697. The molecule has 2 aromatic carbocycles. The van der Waals surface area contributed by atoms with Gasteiger partial charge in [0.2, 0.25) is 5.91 Å². The maximum atomic E-state index is 12.7. The highest BCUT2D eigenvalue weighted by molar-refractivity contribution is 7.16. The molecule has 1 aromatic heterocycles. The molecule has 0 fully saturated rings. The number of nitrogens with zero attached hydrogens (tertiary/aromatic N) is 1. The molecule has 39 heavy (non-hydrogen) atoms. The summed E-state index contributed by atoms with van der Waals surface area (Å²) in [6.07, 6.45) is 3.33. The van der Waals surface area contributed by atoms with Crippen molar-refractivity contribution in [2.24, 2.45) is 11.3 Å². The van der Waals surface area contributed by atoms with Gasteiger partial charge in [0.1, 0.15) is 11.1 Å². The molecule has 0 radical (unpaired) electrons. The van der Waals surface area contributed by atoms with Crippen molar-refractivity contribution in [3.8, 4) is 17.2 Å². The smallest absolute Gasteiger partial charge is 0.306 e. The van der Waals surface area contributed by atoms with Crippen LogP contribution in [0.25, 0.3) is 11.1 Å². The second kappa shape index (κ2) is 10.8. The number of amides is 1. The molecule has 200 valence electrons. The summed E-state index contributed by atoms with van der Waals surface area (Å²) in [5, 5.41) is 13.1. The molecule has 0 saturated carbocycles. The van der Waals surface area contributed by atoms with Crippen LogP contribution in [0.15, 0.2) is 42.5 Å². The lowest BCUT2D eigenvalue weighted by Gasteiger charge is -2.33. The average Bonchev–Trinajstić information content (AvgIpc) is 3.46. The molecule has 1 N–H and O–H groups in total. The van der Waals surface area contributed by atoms with E-state index < -0.39 is 5.97 Å². The zero-order valence-electron chi connectivity index (χ0n) is 22.6. The summed E-state index contributed by atoms with van der Waals surface area (Å²) in [6, 6.07) is 16.0. The van der Waals surface area contributed by atoms with Crippen molar-refractivity contribution in [1.29, 1.82) is 5.26 Å². The van der Waals surface area contributed by atoms with Gasteiger partial charge in [0.05, 0.1) is 12.0 Å². The van der Waals surface area contributed by atoms with Crippen LogP contribution in [0.3, 0.4) is 0 Å². The summed E-state index contributed by atoms with van der Waals surface area (Å²) in [6.45, 7) is 6.35. The Morgan fingerprint density at radius 3 is 2.62 bits per heavy atom. The van der Waals surface area contributed by atoms with E-state index in [0.717, 1.165) is 42.4 Å². The van der Waals surface area contributed by atoms with Crippen LogP contribution in [-0.4, -0.2) is 24.3 Å². The second-order valence-corrected chi connectivity index (χ2v) is 12.6. The topological polar surface area (TPSA) is 96.3 Å². The summed E-state index contributed by atoms with van der Waals surface area (Å²) in [7, 11) is 0. The Balaban J connectivity index is 1.12. The van der Waals surface area contributed by atoms with Crippen LogP contribution in [0.4, 0.5) is 5.00 Å². The number of benzene rings is 2. The number of rotatable bonds is 7. The lowest BCUT2D eigenvalue weighted by atomic mass is 9.72. The van der Waals surface area contributed by atoms with Crippen LogP contribution in [-0.2, 0) is 33.6 Å². The van der Waals surface area contributed by atoms with E-state index in [4.69, 9.17) is 4.74 Å². The molecule has 1 atom stereocenters. The molecule has 0 aliphatic heterocycles. The van der Waals surface area contributed by atoms with E-state index in [0.29, 0.717) is 22.0 Å². The Kier molecular flexibility index (Phi) is 7.42. The summed E-state index contributed by atoms with van der Waals surface area (Å²) in [5.41, 5.74) is 6.93. The van der Waals surface area contributed by atoms with Crippen LogP contribution >= 0.6 is 11.3 Å². The zero-order chi connectivity index (χ0) is 27.7. The first-order valence-electron chi connectivity index (χ1n) is 13.4. The van der Waals surface area contributed by atoms with E-state index in [1.807, 2.05) is 24.3 Å². The van der Waals surface area contributed by atoms with E-state index in [1.165, 1.54) is 27.3 Å². The van der Waals surface area contributed by atoms with Gasteiger partial charge in [0, 0.05) is 16.9 Å². The number of hydrogen-bond acceptors (Lipinski definition) is 6. The molecule has 0 bridgehead atoms. The highest BCUT2D eigenvalue weighted by Crippen LogP contribution is 2.44. The summed E-state index contributed by atoms with van der Waals surface area (Å²) < 4.78 is 5.18. The largest absolute Gasteiger partial charge is 0.457 e. The molecule has 0 saturated heterocycles. The summed E-state index contributed by atoms with van der Waals surface area (Å²) in [4.78, 5) is 38.7. The van der Waals surface area contributed by atoms with Crippen molar-refractivity contribution in [3.05, 3.63) is 75.2 Å². The number of carbonyl (C=O) groups excluding carboxylic acids is 3. The molecule has 1 unspecified atom stereocenters. The Morgan fingerprint density at radius 1 is 1.08 bits per heavy atom. The minimum absolute atomic E-state index is 0.0812. The Bertz CT molecular complexity index is 1510. The van der Waals surface area contributed by atoms with Crippen LogP contribution in [0, 0.1) is 22.7 Å². The van der Waals surface area contributed by atoms with Crippen molar-refractivity contribution in [2.45, 2.75) is 59.3 Å². The monoisotopic (exact) mass is 540 g/mol. The maximum Gasteiger partial charge on any atom is 0.306 e. The summed E-state index contributed by atoms with van der Waals surface area (Å²) >= 11 is 1.47. The standard InChI is InChI=1S/C32H32N2O4S/c1-32(2,3)22-9-11-25-26(17-33)31(39-28(25)16-22)34-29(36)12-13-30(37)38-18-27(35)20-8-10-24-21(15-20)14-19-6-4-5-7-23(19)24/h4-8,10,15,22H,9,11-14,16,18H2,1-3H3,(H,34,36). The second-order valence-electron chi connectivity index (χ2n) is 11.5. The normalized spacial score (nSPS) is 15.5. The molecule has 2 aliphatic rings. The number of thiophene rings is 1. The van der Waals surface area contributed by atoms with Gasteiger partial charge in [-0.05, 0) is 70.9 Å². The van der Waals surface area contributed by atoms with Gasteiger partial charge in [0.25, 0.3) is 0 Å². The highest BCUT2D eigenvalue weighted by atomic mass is 32.1. The fraction of sp³-hybridized carbons (Fsp3) is 0.375. The predicted octanol–water partition coefficient (Wildman–Crippen LogP) is 6.49. The molecule has 7 heteroatoms. The molecular formula is C32H32N2O4S. The molecule has 0 spiro atoms. The first kappa shape index (κ1) is 26.8. The molecule has 1 amide bonds. The van der Waals surface area contributed by atoms with Gasteiger partial charge in [-0.25, -0.2) is 0 Å². The fourth-order valence-electron chi connectivity index (χ4n) is 5.56. The number of nitriles is 1. The maximum absolute atomic E-state index is 12.7. The minimum Gasteiger partial charge on any atom is -0.457 e. The van der Waals surface area contributed by atoms with E-state index in [2.05, 4.69) is 44.3 Å². The third-order valence-electron chi connectivity index (χ3n) is 7.89. The third-order valence-corrected chi connectivity index (χ3v) is 9.06. The SMILES string of the molecule is CC(C)(C)C1CCc2c(sc(NC(=O)CCC(=O)OCC(=O)c3ccc4c(c3)Cc3ccccc3-4)c2C#N)C1. The quantitative estimate of drug-likeness (QED) is 0.214. The van der Waals surface area contributed by atoms with Crippen molar-refractivity contribution < 1.29 is 19.1 Å². The minimum atomic E-state index is -0.605. The average molecular weight is 541 g/mol. The molecule has 1 heterocycles. The van der Waals surface area contributed by atoms with E-state index in [-0.39, 0.29) is 36.6 Å². The Labute approximate surface area is 233 Å². The van der Waals surface area contributed by atoms with Crippen LogP contribution in [0.2, 0.25) is 0 Å². The molecule has 5 rings (SSSR count). The number of hydrogen-bond donors (Lipinski definition) is 1. The number of fused-ring (bicyclic) bond motifs is 4. The number of carbonyl (C=O) groups is 3. The highest BCUT2D eigenvalue weighted by Gasteiger charge is 2.32. The van der Waals surface area contributed by atoms with Gasteiger partial charge < -0.3 is 10.1 Å². The van der Waals surface area contributed by atoms with Gasteiger partial charge >= 0.3 is 5.97 Å². The van der Waals surface area contributed by atoms with Crippen molar-refractivity contribution in [3.63, 3.8) is 0 Å². The number of ketones is 1. The number of esters is 1. The lowest BCUT2D eigenvalue weighted by molar-refractivity contribution is -0.143. The van der Waals surface area contributed by atoms with E-state index >= 15 is 0 Å². The van der Waals surface area contributed by atoms with Gasteiger partial charge in [-0.2, -0.15) is 5.26 Å². The van der Waals surface area contributed by atoms with Crippen LogP contribution < -0.4 is 5.32 Å². The zero-order valence-corrected chi connectivity index (χ0v) is 23.4. The fourth-order valence-corrected chi connectivity index (χ4v) is 6.85. The lowest BCUT2D eigenvalue weighted by Crippen LogP contribution is -2.26. The van der Waals surface area contributed by atoms with Crippen LogP contribution in [0.5, 0.6) is 0 Å². The number of Topliss-reactive ketones (excluding diaryl/α,β-unsaturated/α-hetero) is 1. The molecule has 6 nitrogen and oxygen atoms in total. The van der Waals surface area contributed by atoms with Crippen LogP contribution in [0.1, 0.15) is 77.5 Å². The Morgan fingerprint density at radius 2 is 1.85 bits per heavy atom. The van der Waals surface area contributed by atoms with Crippen molar-refractivity contribution in [1.82, 2.24) is 0 Å². The number of ether oxygens (including phenoxy) is 1. The third kappa shape index (κ3) is 5.67. The van der Waals surface area contributed by atoms with Gasteiger partial charge in [-0.15, -0.1) is 11.3 Å². The first-order valence-corrected chi connectivity index (χ1v) is 14.2. The number of nitrogens with one attached hydrogen (secondary N) is 1. The molecule has 2 aliphatic carbocycles. The van der Waals surface area contributed by atoms with Crippen molar-refractivity contribution in [2.75, 3.05) is 11.9 Å². The Hall–Kier alpha value is -3.76. The van der Waals surface area contributed by atoms with E-state index in [1.54, 1.807) is 6.07 Å².